The Morgan fingerprint density at radius 1 is 1.00 bits per heavy atom. The van der Waals surface area contributed by atoms with E-state index >= 15 is 0 Å². The summed E-state index contributed by atoms with van der Waals surface area (Å²) in [6, 6.07) is 14.5. The Kier molecular flexibility index (Phi) is 6.11. The van der Waals surface area contributed by atoms with E-state index in [9.17, 15) is 14.0 Å². The zero-order valence-electron chi connectivity index (χ0n) is 17.1. The Morgan fingerprint density at radius 2 is 1.70 bits per heavy atom. The van der Waals surface area contributed by atoms with Crippen LogP contribution in [-0.4, -0.2) is 66.5 Å². The first-order chi connectivity index (χ1) is 14.5. The van der Waals surface area contributed by atoms with Crippen molar-refractivity contribution in [2.24, 2.45) is 0 Å². The van der Waals surface area contributed by atoms with E-state index in [0.29, 0.717) is 13.2 Å². The lowest BCUT2D eigenvalue weighted by Gasteiger charge is -2.36. The summed E-state index contributed by atoms with van der Waals surface area (Å²) in [5.74, 6) is -0.692. The second kappa shape index (κ2) is 8.93. The fourth-order valence-corrected chi connectivity index (χ4v) is 4.13. The summed E-state index contributed by atoms with van der Waals surface area (Å²) in [7, 11) is 1.45. The standard InChI is InChI=1S/C23H26FN3O3/c1-30-21-8-7-17(13-20(21)24)15-25-9-11-26(12-10-25)16-27-22(28)14-19(23(27)29)18-5-3-2-4-6-18/h2-8,13,19H,9-12,14-16H2,1H3/t19-/m0/s1. The number of carbonyl (C=O) groups is 2. The average Bonchev–Trinajstić information content (AvgIpc) is 3.04. The maximum Gasteiger partial charge on any atom is 0.238 e. The van der Waals surface area contributed by atoms with Crippen molar-refractivity contribution in [3.05, 3.63) is 65.5 Å². The molecule has 2 aromatic carbocycles. The van der Waals surface area contributed by atoms with Crippen LogP contribution in [0.15, 0.2) is 48.5 Å². The molecule has 0 spiro atoms. The van der Waals surface area contributed by atoms with Crippen molar-refractivity contribution in [3.8, 4) is 5.75 Å². The molecular formula is C23H26FN3O3. The molecule has 0 aromatic heterocycles. The average molecular weight is 411 g/mol. The highest BCUT2D eigenvalue weighted by atomic mass is 19.1. The van der Waals surface area contributed by atoms with Gasteiger partial charge in [0.2, 0.25) is 11.8 Å². The molecule has 4 rings (SSSR count). The van der Waals surface area contributed by atoms with E-state index in [0.717, 1.165) is 37.3 Å². The molecule has 1 atom stereocenters. The number of hydrogen-bond donors (Lipinski definition) is 0. The molecule has 2 heterocycles. The van der Waals surface area contributed by atoms with Crippen LogP contribution in [-0.2, 0) is 16.1 Å². The van der Waals surface area contributed by atoms with E-state index in [1.165, 1.54) is 18.1 Å². The van der Waals surface area contributed by atoms with Crippen LogP contribution in [0.3, 0.4) is 0 Å². The SMILES string of the molecule is COc1ccc(CN2CCN(CN3C(=O)C[C@@H](c4ccccc4)C3=O)CC2)cc1F. The van der Waals surface area contributed by atoms with Crippen molar-refractivity contribution in [2.45, 2.75) is 18.9 Å². The van der Waals surface area contributed by atoms with Crippen LogP contribution in [0, 0.1) is 5.82 Å². The number of rotatable bonds is 6. The lowest BCUT2D eigenvalue weighted by molar-refractivity contribution is -0.141. The van der Waals surface area contributed by atoms with E-state index in [1.54, 1.807) is 6.07 Å². The summed E-state index contributed by atoms with van der Waals surface area (Å²) in [6.07, 6.45) is 0.242. The molecule has 2 saturated heterocycles. The molecule has 2 aliphatic rings. The molecule has 0 radical (unpaired) electrons. The molecule has 0 saturated carbocycles. The van der Waals surface area contributed by atoms with Gasteiger partial charge in [-0.2, -0.15) is 0 Å². The Balaban J connectivity index is 1.30. The van der Waals surface area contributed by atoms with Crippen molar-refractivity contribution in [3.63, 3.8) is 0 Å². The van der Waals surface area contributed by atoms with Gasteiger partial charge in [-0.3, -0.25) is 24.3 Å². The first-order valence-electron chi connectivity index (χ1n) is 10.2. The third-order valence-electron chi connectivity index (χ3n) is 5.87. The number of piperazine rings is 1. The van der Waals surface area contributed by atoms with Crippen molar-refractivity contribution in [1.29, 1.82) is 0 Å². The van der Waals surface area contributed by atoms with Gasteiger partial charge in [0.05, 0.1) is 19.7 Å². The van der Waals surface area contributed by atoms with Crippen LogP contribution in [0.5, 0.6) is 5.75 Å². The quantitative estimate of drug-likeness (QED) is 0.684. The summed E-state index contributed by atoms with van der Waals surface area (Å²) in [5.41, 5.74) is 1.80. The monoisotopic (exact) mass is 411 g/mol. The number of halogens is 1. The number of imide groups is 1. The first-order valence-corrected chi connectivity index (χ1v) is 10.2. The fourth-order valence-electron chi connectivity index (χ4n) is 4.13. The molecule has 30 heavy (non-hydrogen) atoms. The molecule has 0 N–H and O–H groups in total. The van der Waals surface area contributed by atoms with Crippen LogP contribution >= 0.6 is 0 Å². The maximum absolute atomic E-state index is 13.9. The number of nitrogens with zero attached hydrogens (tertiary/aromatic N) is 3. The van der Waals surface area contributed by atoms with E-state index in [-0.39, 0.29) is 35.7 Å². The van der Waals surface area contributed by atoms with Crippen molar-refractivity contribution in [1.82, 2.24) is 14.7 Å². The van der Waals surface area contributed by atoms with Crippen LogP contribution in [0.25, 0.3) is 0 Å². The van der Waals surface area contributed by atoms with Crippen molar-refractivity contribution in [2.75, 3.05) is 40.0 Å². The molecule has 2 amide bonds. The minimum atomic E-state index is -0.370. The summed E-state index contributed by atoms with van der Waals surface area (Å²) < 4.78 is 18.9. The third kappa shape index (κ3) is 4.37. The van der Waals surface area contributed by atoms with Crippen molar-refractivity contribution < 1.29 is 18.7 Å². The summed E-state index contributed by atoms with van der Waals surface area (Å²) in [4.78, 5) is 31.0. The van der Waals surface area contributed by atoms with Crippen LogP contribution in [0.4, 0.5) is 4.39 Å². The zero-order chi connectivity index (χ0) is 21.1. The van der Waals surface area contributed by atoms with Crippen LogP contribution in [0.2, 0.25) is 0 Å². The number of amides is 2. The van der Waals surface area contributed by atoms with Crippen LogP contribution < -0.4 is 4.74 Å². The highest BCUT2D eigenvalue weighted by Crippen LogP contribution is 2.29. The first kappa shape index (κ1) is 20.5. The molecular weight excluding hydrogens is 385 g/mol. The van der Waals surface area contributed by atoms with Gasteiger partial charge in [0.25, 0.3) is 0 Å². The molecule has 158 valence electrons. The highest BCUT2D eigenvalue weighted by molar-refractivity contribution is 6.06. The fraction of sp³-hybridized carbons (Fsp3) is 0.391. The smallest absolute Gasteiger partial charge is 0.238 e. The Morgan fingerprint density at radius 3 is 2.37 bits per heavy atom. The maximum atomic E-state index is 13.9. The van der Waals surface area contributed by atoms with Gasteiger partial charge in [0.1, 0.15) is 0 Å². The lowest BCUT2D eigenvalue weighted by atomic mass is 9.98. The summed E-state index contributed by atoms with van der Waals surface area (Å²) in [5, 5.41) is 0. The predicted octanol–water partition coefficient (Wildman–Crippen LogP) is 2.45. The Hall–Kier alpha value is -2.77. The Bertz CT molecular complexity index is 913. The van der Waals surface area contributed by atoms with Gasteiger partial charge in [0, 0.05) is 39.1 Å². The number of benzene rings is 2. The second-order valence-electron chi connectivity index (χ2n) is 7.83. The summed E-state index contributed by atoms with van der Waals surface area (Å²) in [6.45, 7) is 4.10. The number of ether oxygens (including phenoxy) is 1. The molecule has 0 unspecified atom stereocenters. The third-order valence-corrected chi connectivity index (χ3v) is 5.87. The van der Waals surface area contributed by atoms with Gasteiger partial charge in [-0.1, -0.05) is 36.4 Å². The predicted molar refractivity (Wildman–Crippen MR) is 110 cm³/mol. The Labute approximate surface area is 175 Å². The normalized spacial score (nSPS) is 20.7. The number of carbonyl (C=O) groups excluding carboxylic acids is 2. The molecule has 2 aromatic rings. The molecule has 7 heteroatoms. The highest BCUT2D eigenvalue weighted by Gasteiger charge is 2.40. The summed E-state index contributed by atoms with van der Waals surface area (Å²) >= 11 is 0. The number of methoxy groups -OCH3 is 1. The molecule has 2 aliphatic heterocycles. The minimum absolute atomic E-state index is 0.106. The zero-order valence-corrected chi connectivity index (χ0v) is 17.1. The second-order valence-corrected chi connectivity index (χ2v) is 7.83. The topological polar surface area (TPSA) is 53.1 Å². The van der Waals surface area contributed by atoms with E-state index in [2.05, 4.69) is 9.80 Å². The van der Waals surface area contributed by atoms with Gasteiger partial charge in [-0.15, -0.1) is 0 Å². The van der Waals surface area contributed by atoms with Gasteiger partial charge >= 0.3 is 0 Å². The number of likely N-dealkylation sites (tertiary alicyclic amines) is 1. The van der Waals surface area contributed by atoms with E-state index in [1.807, 2.05) is 36.4 Å². The van der Waals surface area contributed by atoms with E-state index in [4.69, 9.17) is 4.74 Å². The van der Waals surface area contributed by atoms with Gasteiger partial charge in [-0.05, 0) is 23.3 Å². The molecule has 0 bridgehead atoms. The molecule has 6 nitrogen and oxygen atoms in total. The minimum Gasteiger partial charge on any atom is -0.494 e. The van der Waals surface area contributed by atoms with Gasteiger partial charge < -0.3 is 4.74 Å². The van der Waals surface area contributed by atoms with Gasteiger partial charge in [-0.25, -0.2) is 4.39 Å². The van der Waals surface area contributed by atoms with Crippen LogP contribution in [0.1, 0.15) is 23.5 Å². The van der Waals surface area contributed by atoms with Gasteiger partial charge in [0.15, 0.2) is 11.6 Å². The number of hydrogen-bond acceptors (Lipinski definition) is 5. The molecule has 0 aliphatic carbocycles. The van der Waals surface area contributed by atoms with E-state index < -0.39 is 0 Å². The van der Waals surface area contributed by atoms with Crippen molar-refractivity contribution >= 4 is 11.8 Å². The lowest BCUT2D eigenvalue weighted by Crippen LogP contribution is -2.50. The molecule has 2 fully saturated rings. The largest absolute Gasteiger partial charge is 0.494 e.